The van der Waals surface area contributed by atoms with Gasteiger partial charge in [0.2, 0.25) is 0 Å². The summed E-state index contributed by atoms with van der Waals surface area (Å²) in [6.45, 7) is 4.22. The minimum atomic E-state index is -4.45. The molecule has 2 aromatic rings. The number of nitrogens with zero attached hydrogens (tertiary/aromatic N) is 1. The van der Waals surface area contributed by atoms with E-state index in [1.807, 2.05) is 13.8 Å². The van der Waals surface area contributed by atoms with E-state index in [1.54, 1.807) is 13.1 Å². The predicted octanol–water partition coefficient (Wildman–Crippen LogP) is 7.17. The summed E-state index contributed by atoms with van der Waals surface area (Å²) in [7, 11) is 1.69. The number of halogens is 6. The van der Waals surface area contributed by atoms with Gasteiger partial charge >= 0.3 is 18.3 Å². The number of alkyl halides is 6. The van der Waals surface area contributed by atoms with Gasteiger partial charge in [-0.1, -0.05) is 19.9 Å². The maximum Gasteiger partial charge on any atom is 0.416 e. The van der Waals surface area contributed by atoms with Gasteiger partial charge in [0.15, 0.2) is 0 Å². The van der Waals surface area contributed by atoms with E-state index in [1.165, 1.54) is 30.0 Å². The largest absolute Gasteiger partial charge is 0.416 e. The SMILES string of the molecule is CC(C)(Sc1cccc(C(F)(F)F)c1)C1CC[N+](C)(c2ccc(C(F)(F)F)cc2)C(=O)C1. The van der Waals surface area contributed by atoms with Crippen LogP contribution in [0.4, 0.5) is 32.0 Å². The van der Waals surface area contributed by atoms with Gasteiger partial charge in [-0.2, -0.15) is 26.3 Å². The van der Waals surface area contributed by atoms with Crippen LogP contribution >= 0.6 is 11.8 Å². The van der Waals surface area contributed by atoms with E-state index in [4.69, 9.17) is 0 Å². The van der Waals surface area contributed by atoms with Gasteiger partial charge in [0, 0.05) is 28.2 Å². The lowest BCUT2D eigenvalue weighted by Gasteiger charge is -2.42. The summed E-state index contributed by atoms with van der Waals surface area (Å²) in [4.78, 5) is 13.6. The number of quaternary nitrogens is 1. The molecule has 1 saturated heterocycles. The molecule has 2 unspecified atom stereocenters. The molecule has 1 aliphatic heterocycles. The molecular formula is C23H24F6NOS+. The highest BCUT2D eigenvalue weighted by Gasteiger charge is 2.46. The van der Waals surface area contributed by atoms with Crippen molar-refractivity contribution in [2.75, 3.05) is 13.6 Å². The molecule has 0 spiro atoms. The van der Waals surface area contributed by atoms with Crippen LogP contribution < -0.4 is 4.48 Å². The molecule has 2 atom stereocenters. The van der Waals surface area contributed by atoms with Gasteiger partial charge in [0.1, 0.15) is 5.69 Å². The lowest BCUT2D eigenvalue weighted by molar-refractivity contribution is -0.138. The molecule has 1 amide bonds. The lowest BCUT2D eigenvalue weighted by atomic mass is 9.84. The van der Waals surface area contributed by atoms with Crippen LogP contribution in [0.5, 0.6) is 0 Å². The summed E-state index contributed by atoms with van der Waals surface area (Å²) in [6, 6.07) is 9.75. The fourth-order valence-corrected chi connectivity index (χ4v) is 5.33. The van der Waals surface area contributed by atoms with E-state index in [-0.39, 0.29) is 22.7 Å². The Morgan fingerprint density at radius 2 is 1.50 bits per heavy atom. The molecule has 1 heterocycles. The molecule has 0 aromatic heterocycles. The summed E-state index contributed by atoms with van der Waals surface area (Å²) in [5.41, 5.74) is -0.997. The standard InChI is InChI=1S/C23H24F6NOS/c1-21(2,32-19-6-4-5-17(13-19)23(27,28)29)16-11-12-30(3,20(31)14-16)18-9-7-15(8-10-18)22(24,25)26/h4-10,13,16H,11-12,14H2,1-3H3/q+1. The Morgan fingerprint density at radius 1 is 0.906 bits per heavy atom. The minimum Gasteiger partial charge on any atom is -0.231 e. The third-order valence-electron chi connectivity index (χ3n) is 6.19. The number of likely N-dealkylation sites (tertiary alicyclic amines) is 1. The van der Waals surface area contributed by atoms with E-state index in [9.17, 15) is 31.1 Å². The number of piperidine rings is 1. The Balaban J connectivity index is 1.75. The van der Waals surface area contributed by atoms with Gasteiger partial charge in [-0.15, -0.1) is 11.8 Å². The third-order valence-corrected chi connectivity index (χ3v) is 7.54. The minimum absolute atomic E-state index is 0.0878. The van der Waals surface area contributed by atoms with Crippen molar-refractivity contribution in [3.63, 3.8) is 0 Å². The Kier molecular flexibility index (Phi) is 6.47. The van der Waals surface area contributed by atoms with Crippen molar-refractivity contribution in [2.45, 2.75) is 48.7 Å². The van der Waals surface area contributed by atoms with Gasteiger partial charge in [-0.3, -0.25) is 0 Å². The number of thioether (sulfide) groups is 1. The summed E-state index contributed by atoms with van der Waals surface area (Å²) >= 11 is 1.30. The molecule has 3 rings (SSSR count). The van der Waals surface area contributed by atoms with Crippen LogP contribution in [0.2, 0.25) is 0 Å². The Bertz CT molecular complexity index is 983. The molecule has 0 N–H and O–H groups in total. The van der Waals surface area contributed by atoms with Crippen molar-refractivity contribution in [3.05, 3.63) is 59.7 Å². The van der Waals surface area contributed by atoms with Crippen LogP contribution in [0.25, 0.3) is 0 Å². The average Bonchev–Trinajstić information content (AvgIpc) is 2.68. The van der Waals surface area contributed by atoms with E-state index in [2.05, 4.69) is 0 Å². The molecule has 0 saturated carbocycles. The van der Waals surface area contributed by atoms with Crippen molar-refractivity contribution < 1.29 is 31.1 Å². The van der Waals surface area contributed by atoms with Crippen LogP contribution in [-0.4, -0.2) is 24.2 Å². The van der Waals surface area contributed by atoms with Crippen molar-refractivity contribution in [2.24, 2.45) is 5.92 Å². The predicted molar refractivity (Wildman–Crippen MR) is 113 cm³/mol. The second-order valence-corrected chi connectivity index (χ2v) is 10.5. The van der Waals surface area contributed by atoms with E-state index < -0.39 is 28.2 Å². The number of carbonyl (C=O) groups is 1. The zero-order chi connectivity index (χ0) is 23.9. The normalized spacial score (nSPS) is 22.8. The molecule has 1 aliphatic rings. The summed E-state index contributed by atoms with van der Waals surface area (Å²) in [5.74, 6) is -0.214. The molecule has 174 valence electrons. The molecule has 2 aromatic carbocycles. The second-order valence-electron chi connectivity index (χ2n) is 8.77. The monoisotopic (exact) mass is 476 g/mol. The number of carbonyl (C=O) groups excluding carboxylic acids is 1. The number of amides is 1. The van der Waals surface area contributed by atoms with E-state index >= 15 is 0 Å². The zero-order valence-corrected chi connectivity index (χ0v) is 18.7. The first kappa shape index (κ1) is 24.6. The second kappa shape index (κ2) is 8.41. The summed E-state index contributed by atoms with van der Waals surface area (Å²) < 4.78 is 77.0. The van der Waals surface area contributed by atoms with Gasteiger partial charge in [0.25, 0.3) is 0 Å². The van der Waals surface area contributed by atoms with Crippen LogP contribution in [-0.2, 0) is 17.1 Å². The molecule has 32 heavy (non-hydrogen) atoms. The fraction of sp³-hybridized carbons (Fsp3) is 0.435. The third kappa shape index (κ3) is 5.14. The first-order chi connectivity index (χ1) is 14.6. The quantitative estimate of drug-likeness (QED) is 0.264. The van der Waals surface area contributed by atoms with Gasteiger partial charge < -0.3 is 0 Å². The topological polar surface area (TPSA) is 17.1 Å². The highest BCUT2D eigenvalue weighted by Crippen LogP contribution is 2.45. The maximum atomic E-state index is 13.1. The number of benzene rings is 2. The molecule has 0 bridgehead atoms. The first-order valence-corrected chi connectivity index (χ1v) is 10.9. The van der Waals surface area contributed by atoms with E-state index in [0.717, 1.165) is 24.3 Å². The van der Waals surface area contributed by atoms with E-state index in [0.29, 0.717) is 23.5 Å². The van der Waals surface area contributed by atoms with Crippen LogP contribution in [0.3, 0.4) is 0 Å². The Labute approximate surface area is 187 Å². The van der Waals surface area contributed by atoms with Crippen LogP contribution in [0, 0.1) is 5.92 Å². The number of rotatable bonds is 4. The van der Waals surface area contributed by atoms with Crippen molar-refractivity contribution in [1.29, 1.82) is 0 Å². The van der Waals surface area contributed by atoms with Crippen LogP contribution in [0.15, 0.2) is 53.4 Å². The first-order valence-electron chi connectivity index (χ1n) is 10.1. The molecule has 0 radical (unpaired) electrons. The van der Waals surface area contributed by atoms with Gasteiger partial charge in [-0.05, 0) is 36.2 Å². The van der Waals surface area contributed by atoms with Crippen molar-refractivity contribution in [3.8, 4) is 0 Å². The summed E-state index contributed by atoms with van der Waals surface area (Å²) in [5, 5.41) is 0. The van der Waals surface area contributed by atoms with Crippen LogP contribution in [0.1, 0.15) is 37.8 Å². The van der Waals surface area contributed by atoms with Crippen molar-refractivity contribution in [1.82, 2.24) is 4.48 Å². The zero-order valence-electron chi connectivity index (χ0n) is 17.8. The smallest absolute Gasteiger partial charge is 0.231 e. The lowest BCUT2D eigenvalue weighted by Crippen LogP contribution is -2.57. The van der Waals surface area contributed by atoms with Gasteiger partial charge in [0.05, 0.1) is 31.1 Å². The molecule has 9 heteroatoms. The van der Waals surface area contributed by atoms with Gasteiger partial charge in [-0.25, -0.2) is 9.28 Å². The summed E-state index contributed by atoms with van der Waals surface area (Å²) in [6.07, 6.45) is -8.07. The maximum absolute atomic E-state index is 13.1. The van der Waals surface area contributed by atoms with Crippen molar-refractivity contribution >= 4 is 23.4 Å². The Hall–Kier alpha value is -2.00. The molecule has 0 aliphatic carbocycles. The molecular weight excluding hydrogens is 452 g/mol. The fourth-order valence-electron chi connectivity index (χ4n) is 4.02. The Morgan fingerprint density at radius 3 is 2.03 bits per heavy atom. The number of hydrogen-bond acceptors (Lipinski definition) is 2. The highest BCUT2D eigenvalue weighted by molar-refractivity contribution is 8.00. The molecule has 1 fully saturated rings. The molecule has 2 nitrogen and oxygen atoms in total. The average molecular weight is 477 g/mol. The number of hydrogen-bond donors (Lipinski definition) is 0. The highest BCUT2D eigenvalue weighted by atomic mass is 32.2.